The van der Waals surface area contributed by atoms with E-state index < -0.39 is 0 Å². The van der Waals surface area contributed by atoms with Crippen LogP contribution in [0.1, 0.15) is 40.5 Å². The summed E-state index contributed by atoms with van der Waals surface area (Å²) < 4.78 is 9.84. The number of hydrogen-bond donors (Lipinski definition) is 0. The fourth-order valence-corrected chi connectivity index (χ4v) is 1.42. The minimum atomic E-state index is -0.382. The summed E-state index contributed by atoms with van der Waals surface area (Å²) in [4.78, 5) is 11.5. The van der Waals surface area contributed by atoms with E-state index in [1.54, 1.807) is 13.8 Å². The van der Waals surface area contributed by atoms with Gasteiger partial charge in [0.1, 0.15) is 17.0 Å². The van der Waals surface area contributed by atoms with Crippen molar-refractivity contribution in [2.75, 3.05) is 6.61 Å². The Balaban J connectivity index is 3.04. The summed E-state index contributed by atoms with van der Waals surface area (Å²) in [5.74, 6) is 0.109. The molecule has 0 saturated heterocycles. The number of esters is 1. The Labute approximate surface area is 90.7 Å². The van der Waals surface area contributed by atoms with Gasteiger partial charge in [0.05, 0.1) is 11.4 Å². The summed E-state index contributed by atoms with van der Waals surface area (Å²) in [5.41, 5.74) is 1.01. The van der Waals surface area contributed by atoms with Gasteiger partial charge in [0.25, 0.3) is 0 Å². The van der Waals surface area contributed by atoms with Crippen LogP contribution in [0.3, 0.4) is 0 Å². The molecule has 0 aromatic carbocycles. The number of nitrogens with zero attached hydrogens (tertiary/aromatic N) is 1. The number of halogens is 1. The lowest BCUT2D eigenvalue weighted by Gasteiger charge is -2.03. The molecule has 0 fully saturated rings. The van der Waals surface area contributed by atoms with Crippen LogP contribution in [-0.4, -0.2) is 17.7 Å². The smallest absolute Gasteiger partial charge is 0.343 e. The van der Waals surface area contributed by atoms with E-state index >= 15 is 0 Å². The van der Waals surface area contributed by atoms with E-state index in [-0.39, 0.29) is 10.8 Å². The average molecular weight is 262 g/mol. The molecule has 0 radical (unpaired) electrons. The van der Waals surface area contributed by atoms with Crippen LogP contribution in [0.15, 0.2) is 4.52 Å². The van der Waals surface area contributed by atoms with Crippen molar-refractivity contribution in [3.63, 3.8) is 0 Å². The molecule has 0 aliphatic rings. The predicted molar refractivity (Wildman–Crippen MR) is 54.5 cm³/mol. The Bertz CT molecular complexity index is 333. The Kier molecular flexibility index (Phi) is 3.69. The van der Waals surface area contributed by atoms with Crippen molar-refractivity contribution in [3.8, 4) is 0 Å². The standard InChI is InChI=1S/C9H12BrNO3/c1-4-13-9(12)7-6(3)14-11-8(7)5(2)10/h5H,4H2,1-3H3/t5-/m0/s1. The number of hydrogen-bond acceptors (Lipinski definition) is 4. The maximum absolute atomic E-state index is 11.5. The molecule has 1 aromatic heterocycles. The van der Waals surface area contributed by atoms with Crippen LogP contribution in [0.25, 0.3) is 0 Å². The highest BCUT2D eigenvalue weighted by Gasteiger charge is 2.23. The molecule has 0 aliphatic carbocycles. The van der Waals surface area contributed by atoms with Gasteiger partial charge >= 0.3 is 5.97 Å². The zero-order chi connectivity index (χ0) is 10.7. The first kappa shape index (κ1) is 11.2. The lowest BCUT2D eigenvalue weighted by atomic mass is 10.1. The normalized spacial score (nSPS) is 12.6. The van der Waals surface area contributed by atoms with Crippen molar-refractivity contribution < 1.29 is 14.1 Å². The van der Waals surface area contributed by atoms with Gasteiger partial charge in [-0.25, -0.2) is 4.79 Å². The fraction of sp³-hybridized carbons (Fsp3) is 0.556. The fourth-order valence-electron chi connectivity index (χ4n) is 1.11. The van der Waals surface area contributed by atoms with Crippen molar-refractivity contribution >= 4 is 21.9 Å². The second kappa shape index (κ2) is 4.59. The third-order valence-corrected chi connectivity index (χ3v) is 2.18. The monoisotopic (exact) mass is 261 g/mol. The highest BCUT2D eigenvalue weighted by Crippen LogP contribution is 2.26. The van der Waals surface area contributed by atoms with Crippen LogP contribution in [0.4, 0.5) is 0 Å². The number of ether oxygens (including phenoxy) is 1. The Morgan fingerprint density at radius 3 is 2.86 bits per heavy atom. The van der Waals surface area contributed by atoms with Crippen molar-refractivity contribution in [2.24, 2.45) is 0 Å². The van der Waals surface area contributed by atoms with E-state index in [4.69, 9.17) is 9.26 Å². The van der Waals surface area contributed by atoms with Gasteiger partial charge in [-0.1, -0.05) is 21.1 Å². The largest absolute Gasteiger partial charge is 0.462 e. The lowest BCUT2D eigenvalue weighted by Crippen LogP contribution is -2.08. The summed E-state index contributed by atoms with van der Waals surface area (Å²) in [6.45, 7) is 5.68. The molecule has 0 aliphatic heterocycles. The molecule has 14 heavy (non-hydrogen) atoms. The van der Waals surface area contributed by atoms with Crippen LogP contribution in [0.2, 0.25) is 0 Å². The van der Waals surface area contributed by atoms with Crippen LogP contribution >= 0.6 is 15.9 Å². The summed E-state index contributed by atoms with van der Waals surface area (Å²) in [6, 6.07) is 0. The number of carbonyl (C=O) groups excluding carboxylic acids is 1. The van der Waals surface area contributed by atoms with Crippen LogP contribution < -0.4 is 0 Å². The van der Waals surface area contributed by atoms with Gasteiger partial charge in [0, 0.05) is 0 Å². The number of alkyl halides is 1. The molecule has 5 heteroatoms. The van der Waals surface area contributed by atoms with E-state index in [0.717, 1.165) is 0 Å². The molecule has 0 saturated carbocycles. The van der Waals surface area contributed by atoms with Crippen molar-refractivity contribution in [1.29, 1.82) is 0 Å². The van der Waals surface area contributed by atoms with Crippen molar-refractivity contribution in [3.05, 3.63) is 17.0 Å². The molecular formula is C9H12BrNO3. The molecule has 1 aromatic rings. The van der Waals surface area contributed by atoms with E-state index in [2.05, 4.69) is 21.1 Å². The number of aryl methyl sites for hydroxylation is 1. The highest BCUT2D eigenvalue weighted by atomic mass is 79.9. The highest BCUT2D eigenvalue weighted by molar-refractivity contribution is 9.09. The third kappa shape index (κ3) is 2.15. The van der Waals surface area contributed by atoms with E-state index in [9.17, 15) is 4.79 Å². The van der Waals surface area contributed by atoms with Crippen molar-refractivity contribution in [1.82, 2.24) is 5.16 Å². The van der Waals surface area contributed by atoms with Crippen LogP contribution in [0.5, 0.6) is 0 Å². The minimum Gasteiger partial charge on any atom is -0.462 e. The van der Waals surface area contributed by atoms with Gasteiger partial charge in [-0.05, 0) is 20.8 Å². The SMILES string of the molecule is CCOC(=O)c1c([C@H](C)Br)noc1C. The van der Waals surface area contributed by atoms with Crippen LogP contribution in [-0.2, 0) is 4.74 Å². The number of aromatic nitrogens is 1. The molecular weight excluding hydrogens is 250 g/mol. The topological polar surface area (TPSA) is 52.3 Å². The first-order chi connectivity index (χ1) is 6.57. The Morgan fingerprint density at radius 1 is 1.71 bits per heavy atom. The van der Waals surface area contributed by atoms with Gasteiger partial charge in [0.15, 0.2) is 0 Å². The van der Waals surface area contributed by atoms with Crippen molar-refractivity contribution in [2.45, 2.75) is 25.6 Å². The molecule has 1 rings (SSSR count). The zero-order valence-corrected chi connectivity index (χ0v) is 9.92. The molecule has 0 amide bonds. The summed E-state index contributed by atoms with van der Waals surface area (Å²) in [6.07, 6.45) is 0. The van der Waals surface area contributed by atoms with Crippen LogP contribution in [0, 0.1) is 6.92 Å². The van der Waals surface area contributed by atoms with Gasteiger partial charge in [0.2, 0.25) is 0 Å². The molecule has 0 unspecified atom stereocenters. The summed E-state index contributed by atoms with van der Waals surface area (Å²) in [7, 11) is 0. The first-order valence-electron chi connectivity index (χ1n) is 4.35. The first-order valence-corrected chi connectivity index (χ1v) is 5.26. The molecule has 4 nitrogen and oxygen atoms in total. The molecule has 0 N–H and O–H groups in total. The van der Waals surface area contributed by atoms with Gasteiger partial charge < -0.3 is 9.26 Å². The molecule has 1 heterocycles. The molecule has 1 atom stereocenters. The van der Waals surface area contributed by atoms with E-state index in [1.807, 2.05) is 6.92 Å². The zero-order valence-electron chi connectivity index (χ0n) is 8.33. The summed E-state index contributed by atoms with van der Waals surface area (Å²) >= 11 is 3.34. The quantitative estimate of drug-likeness (QED) is 0.620. The maximum Gasteiger partial charge on any atom is 0.343 e. The lowest BCUT2D eigenvalue weighted by molar-refractivity contribution is 0.0523. The second-order valence-electron chi connectivity index (χ2n) is 2.84. The third-order valence-electron chi connectivity index (χ3n) is 1.75. The van der Waals surface area contributed by atoms with Gasteiger partial charge in [-0.15, -0.1) is 0 Å². The van der Waals surface area contributed by atoms with Gasteiger partial charge in [-0.2, -0.15) is 0 Å². The number of carbonyl (C=O) groups is 1. The maximum atomic E-state index is 11.5. The minimum absolute atomic E-state index is 0.0284. The van der Waals surface area contributed by atoms with E-state index in [1.165, 1.54) is 0 Å². The Hall–Kier alpha value is -0.840. The van der Waals surface area contributed by atoms with E-state index in [0.29, 0.717) is 23.6 Å². The molecule has 0 bridgehead atoms. The average Bonchev–Trinajstić information content (AvgIpc) is 2.47. The summed E-state index contributed by atoms with van der Waals surface area (Å²) in [5, 5.41) is 3.80. The Morgan fingerprint density at radius 2 is 2.36 bits per heavy atom. The molecule has 0 spiro atoms. The van der Waals surface area contributed by atoms with Gasteiger partial charge in [-0.3, -0.25) is 0 Å². The predicted octanol–water partition coefficient (Wildman–Crippen LogP) is 2.62. The second-order valence-corrected chi connectivity index (χ2v) is 4.21. The number of rotatable bonds is 3. The molecule has 78 valence electrons.